The highest BCUT2D eigenvalue weighted by Crippen LogP contribution is 2.53. The summed E-state index contributed by atoms with van der Waals surface area (Å²) in [5, 5.41) is 6.94. The van der Waals surface area contributed by atoms with Crippen LogP contribution in [0, 0.1) is 0 Å². The molecule has 2 aliphatic heterocycles. The highest BCUT2D eigenvalue weighted by Gasteiger charge is 2.47. The Bertz CT molecular complexity index is 3900. The molecule has 8 aromatic carbocycles. The van der Waals surface area contributed by atoms with Gasteiger partial charge in [-0.3, -0.25) is 0 Å². The van der Waals surface area contributed by atoms with Crippen LogP contribution in [0.5, 0.6) is 0 Å². The average Bonchev–Trinajstić information content (AvgIpc) is 4.00. The number of fused-ring (bicyclic) bond motifs is 18. The van der Waals surface area contributed by atoms with Crippen LogP contribution in [-0.4, -0.2) is 11.4 Å². The van der Waals surface area contributed by atoms with Gasteiger partial charge in [-0.25, -0.2) is 0 Å². The lowest BCUT2D eigenvalue weighted by Gasteiger charge is -2.42. The predicted octanol–water partition coefficient (Wildman–Crippen LogP) is 14.7. The maximum atomic E-state index is 6.88. The number of furan rings is 2. The van der Waals surface area contributed by atoms with Gasteiger partial charge in [-0.1, -0.05) is 140 Å². The van der Waals surface area contributed by atoms with E-state index in [1.807, 2.05) is 0 Å². The van der Waals surface area contributed by atoms with Crippen molar-refractivity contribution in [1.82, 2.24) is 4.57 Å². The molecule has 0 atom stereocenters. The van der Waals surface area contributed by atoms with Crippen LogP contribution in [0.1, 0.15) is 77.6 Å². The molecule has 0 amide bonds. The predicted molar refractivity (Wildman–Crippen MR) is 269 cm³/mol. The molecule has 308 valence electrons. The van der Waals surface area contributed by atoms with Crippen molar-refractivity contribution in [2.24, 2.45) is 0 Å². The first-order valence-corrected chi connectivity index (χ1v) is 22.9. The summed E-state index contributed by atoms with van der Waals surface area (Å²) in [4.78, 5) is 2.66. The molecule has 14 rings (SSSR count). The van der Waals surface area contributed by atoms with E-state index in [9.17, 15) is 0 Å². The monoisotopic (exact) mass is 826 g/mol. The van der Waals surface area contributed by atoms with E-state index in [0.29, 0.717) is 0 Å². The topological polar surface area (TPSA) is 34.5 Å². The van der Waals surface area contributed by atoms with Gasteiger partial charge in [0.2, 0.25) is 0 Å². The molecule has 0 radical (unpaired) electrons. The Balaban J connectivity index is 1.15. The van der Waals surface area contributed by atoms with E-state index in [4.69, 9.17) is 8.83 Å². The Hall–Kier alpha value is -6.98. The average molecular weight is 827 g/mol. The van der Waals surface area contributed by atoms with E-state index in [1.165, 1.54) is 83.4 Å². The fourth-order valence-electron chi connectivity index (χ4n) is 12.0. The first kappa shape index (κ1) is 36.5. The van der Waals surface area contributed by atoms with E-state index >= 15 is 0 Å². The normalized spacial score (nSPS) is 14.9. The Morgan fingerprint density at radius 3 is 2.02 bits per heavy atom. The summed E-state index contributed by atoms with van der Waals surface area (Å²) in [6, 6.07) is 52.9. The molecular weight excluding hydrogens is 779 g/mol. The van der Waals surface area contributed by atoms with Crippen molar-refractivity contribution in [3.05, 3.63) is 162 Å². The molecule has 0 unspecified atom stereocenters. The Morgan fingerprint density at radius 2 is 1.20 bits per heavy atom. The van der Waals surface area contributed by atoms with Crippen molar-refractivity contribution in [2.45, 2.75) is 71.6 Å². The van der Waals surface area contributed by atoms with Gasteiger partial charge in [0.25, 0.3) is 0 Å². The minimum absolute atomic E-state index is 0.00507. The van der Waals surface area contributed by atoms with Gasteiger partial charge in [0, 0.05) is 55.0 Å². The van der Waals surface area contributed by atoms with Crippen molar-refractivity contribution < 1.29 is 8.83 Å². The van der Waals surface area contributed by atoms with Crippen LogP contribution in [0.3, 0.4) is 0 Å². The summed E-state index contributed by atoms with van der Waals surface area (Å²) in [6.07, 6.45) is 0. The zero-order valence-corrected chi connectivity index (χ0v) is 37.6. The molecule has 1 aliphatic carbocycles. The van der Waals surface area contributed by atoms with Crippen molar-refractivity contribution in [2.75, 3.05) is 4.81 Å². The number of aromatic nitrogens is 1. The second kappa shape index (κ2) is 11.8. The zero-order chi connectivity index (χ0) is 43.3. The number of para-hydroxylation sites is 1. The third-order valence-corrected chi connectivity index (χ3v) is 15.3. The van der Waals surface area contributed by atoms with Crippen LogP contribution in [0.15, 0.2) is 148 Å². The van der Waals surface area contributed by atoms with Crippen LogP contribution in [0.25, 0.3) is 93.6 Å². The minimum Gasteiger partial charge on any atom is -0.456 e. The standard InChI is InChI=1S/C59H47BN2O2/c1-57(2,3)32-17-20-34(21-18-32)62-48-29-43-37-22-19-33(58(4,5)6)27-51(37)63-52(43)30-42(48)38-23-24-40-53-47(26-25-39-36-14-10-12-16-50(36)64-56(39)53)61-49-28-41-35-13-9-11-15-44(35)59(7,8)45(41)31-46(49)60(62)54(38)55(40)61/h9-31H,1-8H3. The Morgan fingerprint density at radius 1 is 0.500 bits per heavy atom. The molecule has 0 bridgehead atoms. The smallest absolute Gasteiger partial charge is 0.333 e. The largest absolute Gasteiger partial charge is 0.456 e. The SMILES string of the molecule is CC(C)(C)c1ccc(N2B3c4cc5c(cc4-n4c6ccc7c8ccccc8oc7c6c6ccc(c3c64)-c3cc4oc6cc(C(C)(C)C)ccc6c4cc32)-c2ccccc2C5(C)C)cc1. The van der Waals surface area contributed by atoms with Crippen LogP contribution in [-0.2, 0) is 16.2 Å². The summed E-state index contributed by atoms with van der Waals surface area (Å²) in [5.74, 6) is 0. The van der Waals surface area contributed by atoms with Gasteiger partial charge < -0.3 is 18.2 Å². The van der Waals surface area contributed by atoms with Crippen molar-refractivity contribution >= 4 is 94.8 Å². The number of hydrogen-bond donors (Lipinski definition) is 0. The molecule has 0 saturated heterocycles. The molecule has 5 heterocycles. The van der Waals surface area contributed by atoms with E-state index in [1.54, 1.807) is 0 Å². The Kier molecular flexibility index (Phi) is 6.72. The van der Waals surface area contributed by atoms with Gasteiger partial charge in [-0.05, 0) is 115 Å². The van der Waals surface area contributed by atoms with Gasteiger partial charge >= 0.3 is 6.85 Å². The second-order valence-electron chi connectivity index (χ2n) is 21.3. The molecule has 4 nitrogen and oxygen atoms in total. The van der Waals surface area contributed by atoms with E-state index in [0.717, 1.165) is 54.8 Å². The van der Waals surface area contributed by atoms with Gasteiger partial charge in [0.05, 0.1) is 16.4 Å². The van der Waals surface area contributed by atoms with E-state index in [2.05, 4.69) is 204 Å². The third-order valence-electron chi connectivity index (χ3n) is 15.3. The van der Waals surface area contributed by atoms with Gasteiger partial charge in [0.15, 0.2) is 0 Å². The lowest BCUT2D eigenvalue weighted by atomic mass is 9.43. The fourth-order valence-corrected chi connectivity index (χ4v) is 12.0. The maximum absolute atomic E-state index is 6.88. The van der Waals surface area contributed by atoms with Gasteiger partial charge in [0.1, 0.15) is 22.3 Å². The molecule has 0 fully saturated rings. The number of hydrogen-bond acceptors (Lipinski definition) is 3. The molecule has 0 saturated carbocycles. The zero-order valence-electron chi connectivity index (χ0n) is 37.6. The highest BCUT2D eigenvalue weighted by atomic mass is 16.3. The summed E-state index contributed by atoms with van der Waals surface area (Å²) in [5.41, 5.74) is 22.6. The van der Waals surface area contributed by atoms with Crippen LogP contribution >= 0.6 is 0 Å². The summed E-state index contributed by atoms with van der Waals surface area (Å²) < 4.78 is 16.3. The van der Waals surface area contributed by atoms with Crippen molar-refractivity contribution in [1.29, 1.82) is 0 Å². The van der Waals surface area contributed by atoms with Crippen molar-refractivity contribution in [3.8, 4) is 27.9 Å². The molecule has 5 heteroatoms. The summed E-state index contributed by atoms with van der Waals surface area (Å²) in [6.45, 7) is 18.4. The summed E-state index contributed by atoms with van der Waals surface area (Å²) >= 11 is 0. The van der Waals surface area contributed by atoms with E-state index in [-0.39, 0.29) is 23.1 Å². The second-order valence-corrected chi connectivity index (χ2v) is 21.3. The lowest BCUT2D eigenvalue weighted by Crippen LogP contribution is -2.60. The molecule has 0 N–H and O–H groups in total. The third kappa shape index (κ3) is 4.54. The molecule has 3 aromatic heterocycles. The fraction of sp³-hybridized carbons (Fsp3) is 0.186. The Labute approximate surface area is 372 Å². The molecule has 3 aliphatic rings. The number of rotatable bonds is 1. The molecular formula is C59H47BN2O2. The quantitative estimate of drug-likeness (QED) is 0.155. The number of anilines is 2. The van der Waals surface area contributed by atoms with Crippen LogP contribution in [0.2, 0.25) is 0 Å². The molecule has 0 spiro atoms. The molecule has 64 heavy (non-hydrogen) atoms. The minimum atomic E-state index is -0.172. The van der Waals surface area contributed by atoms with Crippen molar-refractivity contribution in [3.63, 3.8) is 0 Å². The van der Waals surface area contributed by atoms with Gasteiger partial charge in [-0.2, -0.15) is 0 Å². The lowest BCUT2D eigenvalue weighted by molar-refractivity contribution is 0.587. The van der Waals surface area contributed by atoms with Gasteiger partial charge in [-0.15, -0.1) is 0 Å². The first-order chi connectivity index (χ1) is 30.8. The number of nitrogens with zero attached hydrogens (tertiary/aromatic N) is 2. The molecule has 11 aromatic rings. The van der Waals surface area contributed by atoms with Crippen LogP contribution in [0.4, 0.5) is 11.4 Å². The highest BCUT2D eigenvalue weighted by molar-refractivity contribution is 6.93. The summed E-state index contributed by atoms with van der Waals surface area (Å²) in [7, 11) is 0. The van der Waals surface area contributed by atoms with Crippen LogP contribution < -0.4 is 15.7 Å². The number of benzene rings is 8. The first-order valence-electron chi connectivity index (χ1n) is 22.9. The maximum Gasteiger partial charge on any atom is 0.333 e. The van der Waals surface area contributed by atoms with E-state index < -0.39 is 0 Å².